The standard InChI is InChI=1S/C26H30N2O2/c29-25(16-15-20-9-3-1-4-10-20)28-23-14-8-7-13-22(23)19-24(28)26(30)27-18-17-21-11-5-2-6-12-21/h1-6,9-12,15-16,22-24H,7-8,13-14,17-19H2,(H,27,30). The summed E-state index contributed by atoms with van der Waals surface area (Å²) in [6.45, 7) is 0.594. The lowest BCUT2D eigenvalue weighted by Crippen LogP contribution is -2.49. The highest BCUT2D eigenvalue weighted by molar-refractivity contribution is 5.96. The highest BCUT2D eigenvalue weighted by atomic mass is 16.2. The second-order valence-electron chi connectivity index (χ2n) is 8.38. The van der Waals surface area contributed by atoms with Gasteiger partial charge in [-0.1, -0.05) is 73.5 Å². The Morgan fingerprint density at radius 3 is 2.43 bits per heavy atom. The second kappa shape index (κ2) is 9.75. The number of rotatable bonds is 6. The van der Waals surface area contributed by atoms with Gasteiger partial charge in [-0.3, -0.25) is 9.59 Å². The molecule has 2 amide bonds. The molecular weight excluding hydrogens is 372 g/mol. The molecule has 2 aromatic rings. The molecule has 0 radical (unpaired) electrons. The van der Waals surface area contributed by atoms with Crippen LogP contribution in [0.2, 0.25) is 0 Å². The average molecular weight is 403 g/mol. The monoisotopic (exact) mass is 402 g/mol. The predicted octanol–water partition coefficient (Wildman–Crippen LogP) is 4.22. The van der Waals surface area contributed by atoms with E-state index in [4.69, 9.17) is 0 Å². The SMILES string of the molecule is O=C(NCCc1ccccc1)C1CC2CCCCC2N1C(=O)C=Cc1ccccc1. The van der Waals surface area contributed by atoms with Crippen molar-refractivity contribution in [3.05, 3.63) is 77.9 Å². The molecule has 2 aliphatic rings. The summed E-state index contributed by atoms with van der Waals surface area (Å²) in [5, 5.41) is 3.08. The Balaban J connectivity index is 1.43. The lowest BCUT2D eigenvalue weighted by molar-refractivity contribution is -0.137. The Morgan fingerprint density at radius 2 is 1.67 bits per heavy atom. The maximum atomic E-state index is 13.1. The largest absolute Gasteiger partial charge is 0.354 e. The van der Waals surface area contributed by atoms with Crippen molar-refractivity contribution < 1.29 is 9.59 Å². The van der Waals surface area contributed by atoms with Crippen LogP contribution in [0, 0.1) is 5.92 Å². The van der Waals surface area contributed by atoms with E-state index >= 15 is 0 Å². The first-order valence-corrected chi connectivity index (χ1v) is 11.1. The highest BCUT2D eigenvalue weighted by Gasteiger charge is 2.46. The first-order chi connectivity index (χ1) is 14.7. The number of benzene rings is 2. The second-order valence-corrected chi connectivity index (χ2v) is 8.38. The molecule has 30 heavy (non-hydrogen) atoms. The third kappa shape index (κ3) is 4.81. The zero-order valence-corrected chi connectivity index (χ0v) is 17.4. The summed E-state index contributed by atoms with van der Waals surface area (Å²) in [5.41, 5.74) is 2.20. The van der Waals surface area contributed by atoms with Gasteiger partial charge in [0.15, 0.2) is 0 Å². The number of carbonyl (C=O) groups excluding carboxylic acids is 2. The Hall–Kier alpha value is -2.88. The van der Waals surface area contributed by atoms with Crippen LogP contribution in [-0.4, -0.2) is 35.3 Å². The smallest absolute Gasteiger partial charge is 0.247 e. The maximum Gasteiger partial charge on any atom is 0.247 e. The van der Waals surface area contributed by atoms with Gasteiger partial charge in [-0.05, 0) is 48.8 Å². The van der Waals surface area contributed by atoms with E-state index in [0.29, 0.717) is 12.5 Å². The molecule has 3 atom stereocenters. The number of fused-ring (bicyclic) bond motifs is 1. The van der Waals surface area contributed by atoms with E-state index in [1.807, 2.05) is 59.5 Å². The van der Waals surface area contributed by atoms with Crippen molar-refractivity contribution in [2.24, 2.45) is 5.92 Å². The van der Waals surface area contributed by atoms with Crippen molar-refractivity contribution in [1.29, 1.82) is 0 Å². The van der Waals surface area contributed by atoms with E-state index in [0.717, 1.165) is 37.7 Å². The lowest BCUT2D eigenvalue weighted by Gasteiger charge is -2.33. The van der Waals surface area contributed by atoms with Crippen LogP contribution < -0.4 is 5.32 Å². The van der Waals surface area contributed by atoms with Crippen LogP contribution in [0.1, 0.15) is 43.2 Å². The van der Waals surface area contributed by atoms with Crippen molar-refractivity contribution in [2.45, 2.75) is 50.6 Å². The summed E-state index contributed by atoms with van der Waals surface area (Å²) < 4.78 is 0. The maximum absolute atomic E-state index is 13.1. The molecule has 1 heterocycles. The fraction of sp³-hybridized carbons (Fsp3) is 0.385. The number of hydrogen-bond donors (Lipinski definition) is 1. The minimum absolute atomic E-state index is 0.0122. The predicted molar refractivity (Wildman–Crippen MR) is 120 cm³/mol. The Bertz CT molecular complexity index is 878. The van der Waals surface area contributed by atoms with Gasteiger partial charge in [0.1, 0.15) is 6.04 Å². The van der Waals surface area contributed by atoms with Gasteiger partial charge in [-0.15, -0.1) is 0 Å². The van der Waals surface area contributed by atoms with Gasteiger partial charge in [0.05, 0.1) is 0 Å². The normalized spacial score (nSPS) is 23.3. The number of carbonyl (C=O) groups is 2. The summed E-state index contributed by atoms with van der Waals surface area (Å²) in [7, 11) is 0. The fourth-order valence-electron chi connectivity index (χ4n) is 4.92. The summed E-state index contributed by atoms with van der Waals surface area (Å²) in [4.78, 5) is 28.1. The molecule has 0 aromatic heterocycles. The van der Waals surface area contributed by atoms with E-state index in [1.54, 1.807) is 6.08 Å². The van der Waals surface area contributed by atoms with Crippen LogP contribution in [-0.2, 0) is 16.0 Å². The van der Waals surface area contributed by atoms with Gasteiger partial charge in [0.25, 0.3) is 0 Å². The van der Waals surface area contributed by atoms with E-state index in [2.05, 4.69) is 17.4 Å². The molecule has 0 spiro atoms. The number of likely N-dealkylation sites (tertiary alicyclic amines) is 1. The molecule has 2 fully saturated rings. The van der Waals surface area contributed by atoms with E-state index < -0.39 is 0 Å². The van der Waals surface area contributed by atoms with Crippen LogP contribution in [0.5, 0.6) is 0 Å². The van der Waals surface area contributed by atoms with Crippen molar-refractivity contribution in [1.82, 2.24) is 10.2 Å². The summed E-state index contributed by atoms with van der Waals surface area (Å²) in [5.74, 6) is 0.385. The van der Waals surface area contributed by atoms with E-state index in [9.17, 15) is 9.59 Å². The first kappa shape index (κ1) is 20.4. The van der Waals surface area contributed by atoms with Gasteiger partial charge in [0, 0.05) is 18.7 Å². The summed E-state index contributed by atoms with van der Waals surface area (Å²) in [6.07, 6.45) is 9.52. The number of nitrogens with one attached hydrogen (secondary N) is 1. The Morgan fingerprint density at radius 1 is 0.967 bits per heavy atom. The Kier molecular flexibility index (Phi) is 6.63. The average Bonchev–Trinajstić information content (AvgIpc) is 3.19. The molecule has 1 saturated heterocycles. The Labute approximate surface area is 179 Å². The van der Waals surface area contributed by atoms with Crippen LogP contribution in [0.4, 0.5) is 0 Å². The molecular formula is C26H30N2O2. The van der Waals surface area contributed by atoms with Gasteiger partial charge < -0.3 is 10.2 Å². The molecule has 4 nitrogen and oxygen atoms in total. The fourth-order valence-corrected chi connectivity index (χ4v) is 4.92. The molecule has 3 unspecified atom stereocenters. The molecule has 156 valence electrons. The van der Waals surface area contributed by atoms with Crippen LogP contribution >= 0.6 is 0 Å². The van der Waals surface area contributed by atoms with Gasteiger partial charge >= 0.3 is 0 Å². The van der Waals surface area contributed by atoms with Gasteiger partial charge in [-0.2, -0.15) is 0 Å². The zero-order valence-electron chi connectivity index (χ0n) is 17.4. The van der Waals surface area contributed by atoms with Gasteiger partial charge in [0.2, 0.25) is 11.8 Å². The van der Waals surface area contributed by atoms with Crippen LogP contribution in [0.15, 0.2) is 66.7 Å². The zero-order chi connectivity index (χ0) is 20.8. The van der Waals surface area contributed by atoms with Crippen LogP contribution in [0.25, 0.3) is 6.08 Å². The van der Waals surface area contributed by atoms with Crippen molar-refractivity contribution in [3.63, 3.8) is 0 Å². The molecule has 4 heteroatoms. The minimum Gasteiger partial charge on any atom is -0.354 e. The van der Waals surface area contributed by atoms with Crippen molar-refractivity contribution in [3.8, 4) is 0 Å². The molecule has 1 N–H and O–H groups in total. The molecule has 4 rings (SSSR count). The third-order valence-corrected chi connectivity index (χ3v) is 6.42. The molecule has 1 saturated carbocycles. The summed E-state index contributed by atoms with van der Waals surface area (Å²) in [6, 6.07) is 19.8. The highest BCUT2D eigenvalue weighted by Crippen LogP contribution is 2.40. The molecule has 1 aliphatic heterocycles. The number of nitrogens with zero attached hydrogens (tertiary/aromatic N) is 1. The van der Waals surface area contributed by atoms with Gasteiger partial charge in [-0.25, -0.2) is 0 Å². The number of amides is 2. The minimum atomic E-state index is -0.359. The number of hydrogen-bond acceptors (Lipinski definition) is 2. The quantitative estimate of drug-likeness (QED) is 0.736. The lowest BCUT2D eigenvalue weighted by atomic mass is 9.84. The third-order valence-electron chi connectivity index (χ3n) is 6.42. The first-order valence-electron chi connectivity index (χ1n) is 11.1. The molecule has 1 aliphatic carbocycles. The molecule has 2 aromatic carbocycles. The van der Waals surface area contributed by atoms with Crippen molar-refractivity contribution >= 4 is 17.9 Å². The van der Waals surface area contributed by atoms with E-state index in [1.165, 1.54) is 12.0 Å². The van der Waals surface area contributed by atoms with Crippen LogP contribution in [0.3, 0.4) is 0 Å². The van der Waals surface area contributed by atoms with Crippen molar-refractivity contribution in [2.75, 3.05) is 6.54 Å². The topological polar surface area (TPSA) is 49.4 Å². The molecule has 0 bridgehead atoms. The summed E-state index contributed by atoms with van der Waals surface area (Å²) >= 11 is 0. The van der Waals surface area contributed by atoms with E-state index in [-0.39, 0.29) is 23.9 Å².